The number of carbonyl (C=O) groups is 2. The van der Waals surface area contributed by atoms with Gasteiger partial charge >= 0.3 is 5.97 Å². The summed E-state index contributed by atoms with van der Waals surface area (Å²) in [5, 5.41) is 17.6. The Balaban J connectivity index is 5.07. The van der Waals surface area contributed by atoms with Crippen molar-refractivity contribution in [1.29, 1.82) is 0 Å². The monoisotopic (exact) mass is 149 g/mol. The Labute approximate surface area is 62.7 Å². The quantitative estimate of drug-likeness (QED) is 0.545. The first kappa shape index (κ1) is 4.85. The van der Waals surface area contributed by atoms with Gasteiger partial charge in [-0.2, -0.15) is 0 Å². The van der Waals surface area contributed by atoms with Crippen molar-refractivity contribution in [3.05, 3.63) is 0 Å². The van der Waals surface area contributed by atoms with Crippen LogP contribution in [0.5, 0.6) is 0 Å². The van der Waals surface area contributed by atoms with E-state index in [2.05, 4.69) is 0 Å². The number of hydrogen-bond donors (Lipinski definition) is 2. The molecule has 1 unspecified atom stereocenters. The van der Waals surface area contributed by atoms with Crippen LogP contribution in [0.3, 0.4) is 0 Å². The van der Waals surface area contributed by atoms with Gasteiger partial charge in [-0.1, -0.05) is 6.92 Å². The van der Waals surface area contributed by atoms with E-state index in [4.69, 9.17) is 9.22 Å². The molecule has 10 heavy (non-hydrogen) atoms. The zero-order valence-electron chi connectivity index (χ0n) is 8.42. The zero-order valence-corrected chi connectivity index (χ0v) is 5.42. The number of carboxylic acids is 1. The highest BCUT2D eigenvalue weighted by Gasteiger charge is 2.33. The van der Waals surface area contributed by atoms with Crippen LogP contribution in [0.1, 0.15) is 24.3 Å². The van der Waals surface area contributed by atoms with Crippen LogP contribution in [0.2, 0.25) is 0 Å². The fraction of sp³-hybridized carbons (Fsp3) is 0.667. The first-order valence-electron chi connectivity index (χ1n) is 4.17. The summed E-state index contributed by atoms with van der Waals surface area (Å²) in [6, 6.07) is 0. The molecule has 0 bridgehead atoms. The van der Waals surface area contributed by atoms with Gasteiger partial charge in [0.1, 0.15) is 5.60 Å². The Morgan fingerprint density at radius 3 is 2.30 bits per heavy atom. The lowest BCUT2D eigenvalue weighted by Gasteiger charge is -2.15. The third kappa shape index (κ3) is 1.80. The molecule has 0 aromatic rings. The Kier molecular flexibility index (Phi) is 1.35. The molecule has 0 aromatic heterocycles. The maximum absolute atomic E-state index is 10.8. The molecule has 2 N–H and O–H groups in total. The highest BCUT2D eigenvalue weighted by molar-refractivity contribution is 6.35. The second kappa shape index (κ2) is 2.79. The lowest BCUT2D eigenvalue weighted by atomic mass is 9.98. The lowest BCUT2D eigenvalue weighted by Crippen LogP contribution is -2.39. The van der Waals surface area contributed by atoms with Crippen molar-refractivity contribution in [3.63, 3.8) is 0 Å². The predicted molar refractivity (Wildman–Crippen MR) is 33.6 cm³/mol. The highest BCUT2D eigenvalue weighted by Crippen LogP contribution is 2.09. The van der Waals surface area contributed by atoms with E-state index in [1.54, 1.807) is 0 Å². The normalized spacial score (nSPS) is 21.6. The van der Waals surface area contributed by atoms with Crippen LogP contribution in [0.15, 0.2) is 0 Å². The van der Waals surface area contributed by atoms with Gasteiger partial charge in [0, 0.05) is 4.11 Å². The van der Waals surface area contributed by atoms with Crippen molar-refractivity contribution >= 4 is 11.8 Å². The molecule has 0 aliphatic rings. The molecular weight excluding hydrogens is 136 g/mol. The lowest BCUT2D eigenvalue weighted by molar-refractivity contribution is -0.158. The third-order valence-electron chi connectivity index (χ3n) is 1.08. The summed E-state index contributed by atoms with van der Waals surface area (Å²) < 4.78 is 20.4. The van der Waals surface area contributed by atoms with Gasteiger partial charge in [-0.3, -0.25) is 4.79 Å². The van der Waals surface area contributed by atoms with Crippen LogP contribution >= 0.6 is 0 Å². The number of ketones is 1. The van der Waals surface area contributed by atoms with Crippen LogP contribution in [0, 0.1) is 0 Å². The van der Waals surface area contributed by atoms with Crippen molar-refractivity contribution in [1.82, 2.24) is 0 Å². The van der Waals surface area contributed by atoms with E-state index in [-0.39, 0.29) is 0 Å². The largest absolute Gasteiger partial charge is 0.475 e. The molecule has 0 fully saturated rings. The average Bonchev–Trinajstić information content (AvgIpc) is 1.99. The zero-order chi connectivity index (χ0) is 10.9. The van der Waals surface area contributed by atoms with Crippen molar-refractivity contribution in [2.75, 3.05) is 0 Å². The van der Waals surface area contributed by atoms with Crippen LogP contribution in [-0.4, -0.2) is 27.6 Å². The minimum Gasteiger partial charge on any atom is -0.475 e. The molecule has 0 spiro atoms. The number of aliphatic carboxylic acids is 1. The Hall–Kier alpha value is -0.900. The van der Waals surface area contributed by atoms with Gasteiger partial charge in [0.25, 0.3) is 5.78 Å². The summed E-state index contributed by atoms with van der Waals surface area (Å²) in [6.07, 6.45) is -0.464. The third-order valence-corrected chi connectivity index (χ3v) is 1.08. The number of carbonyl (C=O) groups excluding carboxylic acids is 1. The second-order valence-corrected chi connectivity index (χ2v) is 1.85. The van der Waals surface area contributed by atoms with Gasteiger partial charge in [-0.25, -0.2) is 4.79 Å². The maximum Gasteiger partial charge on any atom is 0.375 e. The standard InChI is InChI=1S/C6H10O4/c1-3-6(2,10)4(7)5(8)9/h10H,3H2,1-2H3,(H,8,9)/i2D3. The molecule has 0 aromatic carbocycles. The second-order valence-electron chi connectivity index (χ2n) is 1.85. The van der Waals surface area contributed by atoms with Gasteiger partial charge in [0.15, 0.2) is 0 Å². The summed E-state index contributed by atoms with van der Waals surface area (Å²) in [6.45, 7) is -1.79. The minimum absolute atomic E-state index is 0.464. The molecule has 0 aliphatic heterocycles. The van der Waals surface area contributed by atoms with Crippen molar-refractivity contribution in [3.8, 4) is 0 Å². The van der Waals surface area contributed by atoms with Gasteiger partial charge in [-0.05, 0) is 13.3 Å². The molecule has 0 aliphatic carbocycles. The first-order valence-corrected chi connectivity index (χ1v) is 2.67. The van der Waals surface area contributed by atoms with Gasteiger partial charge in [0.05, 0.1) is 0 Å². The molecule has 58 valence electrons. The highest BCUT2D eigenvalue weighted by atomic mass is 16.4. The molecular formula is C6H10O4. The maximum atomic E-state index is 10.8. The Bertz CT molecular complexity index is 235. The van der Waals surface area contributed by atoms with Crippen LogP contribution in [0.4, 0.5) is 0 Å². The summed E-state index contributed by atoms with van der Waals surface area (Å²) >= 11 is 0. The van der Waals surface area contributed by atoms with E-state index < -0.39 is 30.6 Å². The molecule has 0 rings (SSSR count). The van der Waals surface area contributed by atoms with E-state index in [1.807, 2.05) is 0 Å². The number of Topliss-reactive ketones (excluding diaryl/α,β-unsaturated/α-hetero) is 1. The number of carboxylic acid groups (broad SMARTS) is 1. The SMILES string of the molecule is [2H]C([2H])([2H])C(O)(CC)C(=O)C(=O)O. The Morgan fingerprint density at radius 2 is 2.20 bits per heavy atom. The number of rotatable bonds is 3. The predicted octanol–water partition coefficient (Wildman–Crippen LogP) is -0.199. The Morgan fingerprint density at radius 1 is 1.70 bits per heavy atom. The molecule has 0 heterocycles. The van der Waals surface area contributed by atoms with E-state index in [9.17, 15) is 14.7 Å². The topological polar surface area (TPSA) is 74.6 Å². The summed E-state index contributed by atoms with van der Waals surface area (Å²) in [7, 11) is 0. The van der Waals surface area contributed by atoms with Gasteiger partial charge in [0.2, 0.25) is 0 Å². The minimum atomic E-state index is -3.02. The summed E-state index contributed by atoms with van der Waals surface area (Å²) in [5.74, 6) is -3.64. The van der Waals surface area contributed by atoms with E-state index in [0.29, 0.717) is 0 Å². The molecule has 0 saturated carbocycles. The molecule has 0 amide bonds. The molecule has 4 heteroatoms. The number of hydrogen-bond acceptors (Lipinski definition) is 3. The van der Waals surface area contributed by atoms with Crippen molar-refractivity contribution in [2.24, 2.45) is 0 Å². The van der Waals surface area contributed by atoms with E-state index in [1.165, 1.54) is 6.92 Å². The fourth-order valence-electron chi connectivity index (χ4n) is 0.337. The van der Waals surface area contributed by atoms with Crippen molar-refractivity contribution in [2.45, 2.75) is 25.8 Å². The smallest absolute Gasteiger partial charge is 0.375 e. The van der Waals surface area contributed by atoms with Gasteiger partial charge in [-0.15, -0.1) is 0 Å². The number of aliphatic hydroxyl groups is 1. The molecule has 4 nitrogen and oxygen atoms in total. The molecule has 0 saturated heterocycles. The summed E-state index contributed by atoms with van der Waals surface area (Å²) in [5.41, 5.74) is -2.78. The molecule has 1 atom stereocenters. The fourth-order valence-corrected chi connectivity index (χ4v) is 0.337. The van der Waals surface area contributed by atoms with Crippen LogP contribution in [0.25, 0.3) is 0 Å². The van der Waals surface area contributed by atoms with Crippen LogP contribution < -0.4 is 0 Å². The summed E-state index contributed by atoms with van der Waals surface area (Å²) in [4.78, 5) is 21.0. The van der Waals surface area contributed by atoms with Crippen molar-refractivity contribution < 1.29 is 23.9 Å². The van der Waals surface area contributed by atoms with E-state index >= 15 is 0 Å². The van der Waals surface area contributed by atoms with Gasteiger partial charge < -0.3 is 10.2 Å². The molecule has 0 radical (unpaired) electrons. The van der Waals surface area contributed by atoms with Crippen LogP contribution in [-0.2, 0) is 9.59 Å². The van der Waals surface area contributed by atoms with E-state index in [0.717, 1.165) is 0 Å². The average molecular weight is 149 g/mol. The first-order chi connectivity index (χ1) is 5.66.